The third-order valence-corrected chi connectivity index (χ3v) is 6.61. The fourth-order valence-electron chi connectivity index (χ4n) is 3.55. The van der Waals surface area contributed by atoms with Crippen molar-refractivity contribution in [1.82, 2.24) is 9.78 Å². The number of carbonyl (C=O) groups excluding carboxylic acids is 1. The molecule has 5 nitrogen and oxygen atoms in total. The summed E-state index contributed by atoms with van der Waals surface area (Å²) in [6, 6.07) is 20.4. The first-order valence-electron chi connectivity index (χ1n) is 10.5. The summed E-state index contributed by atoms with van der Waals surface area (Å²) >= 11 is 7.43. The minimum absolute atomic E-state index is 0.163. The van der Waals surface area contributed by atoms with Crippen LogP contribution >= 0.6 is 22.9 Å². The number of ether oxygens (including phenoxy) is 1. The lowest BCUT2D eigenvalue weighted by Gasteiger charge is -2.06. The molecule has 0 radical (unpaired) electrons. The standard InChI is InChI=1S/C26H19ClFN3O2S/c27-23-6-3-7-24(28)22(23)14-31-13-20(12-29-31)30-26(32)25-10-17(16-34-25)15-33-21-9-8-18-4-1-2-5-19(18)11-21/h1-13,16H,14-15H2,(H,30,32). The average molecular weight is 492 g/mol. The molecule has 0 spiro atoms. The number of hydrogen-bond donors (Lipinski definition) is 1. The maximum absolute atomic E-state index is 14.0. The van der Waals surface area contributed by atoms with Gasteiger partial charge in [0.1, 0.15) is 18.2 Å². The molecule has 0 bridgehead atoms. The Morgan fingerprint density at radius 1 is 1.09 bits per heavy atom. The Morgan fingerprint density at radius 3 is 2.79 bits per heavy atom. The van der Waals surface area contributed by atoms with E-state index in [0.29, 0.717) is 27.8 Å². The van der Waals surface area contributed by atoms with Gasteiger partial charge in [-0.2, -0.15) is 5.10 Å². The second-order valence-electron chi connectivity index (χ2n) is 7.70. The molecule has 0 saturated carbocycles. The first-order chi connectivity index (χ1) is 16.5. The van der Waals surface area contributed by atoms with Crippen LogP contribution in [0.2, 0.25) is 5.02 Å². The van der Waals surface area contributed by atoms with E-state index < -0.39 is 5.82 Å². The summed E-state index contributed by atoms with van der Waals surface area (Å²) in [6.07, 6.45) is 3.15. The van der Waals surface area contributed by atoms with Gasteiger partial charge >= 0.3 is 0 Å². The molecule has 2 heterocycles. The molecule has 0 atom stereocenters. The lowest BCUT2D eigenvalue weighted by Crippen LogP contribution is -2.09. The Hall–Kier alpha value is -3.68. The average Bonchev–Trinajstić information content (AvgIpc) is 3.50. The summed E-state index contributed by atoms with van der Waals surface area (Å²) < 4.78 is 21.4. The summed E-state index contributed by atoms with van der Waals surface area (Å²) in [6.45, 7) is 0.528. The number of anilines is 1. The zero-order valence-corrected chi connectivity index (χ0v) is 19.4. The summed E-state index contributed by atoms with van der Waals surface area (Å²) in [4.78, 5) is 13.2. The number of amides is 1. The number of nitrogens with zero attached hydrogens (tertiary/aromatic N) is 2. The van der Waals surface area contributed by atoms with Gasteiger partial charge < -0.3 is 10.1 Å². The second kappa shape index (κ2) is 9.67. The predicted molar refractivity (Wildman–Crippen MR) is 133 cm³/mol. The van der Waals surface area contributed by atoms with E-state index in [1.165, 1.54) is 28.3 Å². The summed E-state index contributed by atoms with van der Waals surface area (Å²) in [5, 5.41) is 11.5. The van der Waals surface area contributed by atoms with Crippen LogP contribution in [0.15, 0.2) is 84.5 Å². The van der Waals surface area contributed by atoms with E-state index in [9.17, 15) is 9.18 Å². The van der Waals surface area contributed by atoms with E-state index in [2.05, 4.69) is 16.5 Å². The van der Waals surface area contributed by atoms with Crippen molar-refractivity contribution in [1.29, 1.82) is 0 Å². The van der Waals surface area contributed by atoms with Gasteiger partial charge in [-0.15, -0.1) is 11.3 Å². The van der Waals surface area contributed by atoms with Crippen LogP contribution in [0.5, 0.6) is 5.75 Å². The van der Waals surface area contributed by atoms with Crippen LogP contribution in [-0.2, 0) is 13.2 Å². The molecule has 0 saturated heterocycles. The smallest absolute Gasteiger partial charge is 0.265 e. The Morgan fingerprint density at radius 2 is 1.94 bits per heavy atom. The number of benzene rings is 3. The van der Waals surface area contributed by atoms with E-state index in [1.54, 1.807) is 18.3 Å². The number of rotatable bonds is 7. The van der Waals surface area contributed by atoms with E-state index in [-0.39, 0.29) is 12.5 Å². The molecule has 170 valence electrons. The number of nitrogens with one attached hydrogen (secondary N) is 1. The van der Waals surface area contributed by atoms with Crippen LogP contribution in [0.25, 0.3) is 10.8 Å². The SMILES string of the molecule is O=C(Nc1cnn(Cc2c(F)cccc2Cl)c1)c1cc(COc2ccc3ccccc3c2)cs1. The van der Waals surface area contributed by atoms with Gasteiger partial charge in [-0.25, -0.2) is 4.39 Å². The van der Waals surface area contributed by atoms with Crippen LogP contribution < -0.4 is 10.1 Å². The number of thiophene rings is 1. The van der Waals surface area contributed by atoms with E-state index in [1.807, 2.05) is 47.8 Å². The van der Waals surface area contributed by atoms with Crippen LogP contribution in [-0.4, -0.2) is 15.7 Å². The highest BCUT2D eigenvalue weighted by Gasteiger charge is 2.13. The highest BCUT2D eigenvalue weighted by atomic mass is 35.5. The highest BCUT2D eigenvalue weighted by molar-refractivity contribution is 7.12. The predicted octanol–water partition coefficient (Wildman–Crippen LogP) is 6.77. The van der Waals surface area contributed by atoms with E-state index >= 15 is 0 Å². The topological polar surface area (TPSA) is 56.2 Å². The molecule has 3 aromatic carbocycles. The number of aromatic nitrogens is 2. The van der Waals surface area contributed by atoms with Crippen molar-refractivity contribution in [3.8, 4) is 5.75 Å². The molecule has 0 aliphatic carbocycles. The summed E-state index contributed by atoms with van der Waals surface area (Å²) in [5.74, 6) is 0.134. The third kappa shape index (κ3) is 4.95. The molecule has 0 aliphatic heterocycles. The molecule has 0 unspecified atom stereocenters. The van der Waals surface area contributed by atoms with Gasteiger partial charge in [0, 0.05) is 22.3 Å². The second-order valence-corrected chi connectivity index (χ2v) is 9.02. The lowest BCUT2D eigenvalue weighted by molar-refractivity contribution is 0.103. The number of halogens is 2. The van der Waals surface area contributed by atoms with Crippen LogP contribution in [0.1, 0.15) is 20.8 Å². The number of hydrogen-bond acceptors (Lipinski definition) is 4. The van der Waals surface area contributed by atoms with Crippen molar-refractivity contribution in [2.24, 2.45) is 0 Å². The Labute approximate surface area is 204 Å². The fourth-order valence-corrected chi connectivity index (χ4v) is 4.56. The quantitative estimate of drug-likeness (QED) is 0.273. The Balaban J connectivity index is 1.19. The van der Waals surface area contributed by atoms with Crippen molar-refractivity contribution in [3.05, 3.63) is 111 Å². The van der Waals surface area contributed by atoms with Crippen LogP contribution in [0, 0.1) is 5.82 Å². The normalized spacial score (nSPS) is 11.0. The molecule has 1 N–H and O–H groups in total. The van der Waals surface area contributed by atoms with Gasteiger partial charge in [0.05, 0.1) is 23.3 Å². The zero-order valence-electron chi connectivity index (χ0n) is 17.9. The molecule has 8 heteroatoms. The molecule has 5 rings (SSSR count). The number of fused-ring (bicyclic) bond motifs is 1. The van der Waals surface area contributed by atoms with E-state index in [4.69, 9.17) is 16.3 Å². The molecular weight excluding hydrogens is 473 g/mol. The van der Waals surface area contributed by atoms with Crippen LogP contribution in [0.3, 0.4) is 0 Å². The Kier molecular flexibility index (Phi) is 6.29. The van der Waals surface area contributed by atoms with Gasteiger partial charge in [-0.1, -0.05) is 48.0 Å². The maximum Gasteiger partial charge on any atom is 0.265 e. The first kappa shape index (κ1) is 22.1. The molecule has 0 aliphatic rings. The fraction of sp³-hybridized carbons (Fsp3) is 0.0769. The van der Waals surface area contributed by atoms with Crippen molar-refractivity contribution >= 4 is 45.3 Å². The van der Waals surface area contributed by atoms with Gasteiger partial charge in [0.25, 0.3) is 5.91 Å². The first-order valence-corrected chi connectivity index (χ1v) is 11.8. The van der Waals surface area contributed by atoms with Crippen molar-refractivity contribution < 1.29 is 13.9 Å². The van der Waals surface area contributed by atoms with Crippen molar-refractivity contribution in [2.75, 3.05) is 5.32 Å². The maximum atomic E-state index is 14.0. The monoisotopic (exact) mass is 491 g/mol. The molecule has 1 amide bonds. The van der Waals surface area contributed by atoms with Gasteiger partial charge in [0.2, 0.25) is 0 Å². The lowest BCUT2D eigenvalue weighted by atomic mass is 10.1. The highest BCUT2D eigenvalue weighted by Crippen LogP contribution is 2.24. The third-order valence-electron chi connectivity index (χ3n) is 5.28. The van der Waals surface area contributed by atoms with Gasteiger partial charge in [-0.05, 0) is 46.5 Å². The Bertz CT molecular complexity index is 1460. The molecule has 5 aromatic rings. The van der Waals surface area contributed by atoms with Gasteiger partial charge in [0.15, 0.2) is 0 Å². The van der Waals surface area contributed by atoms with Crippen molar-refractivity contribution in [2.45, 2.75) is 13.2 Å². The summed E-state index contributed by atoms with van der Waals surface area (Å²) in [5.41, 5.74) is 1.77. The molecule has 2 aromatic heterocycles. The van der Waals surface area contributed by atoms with Crippen LogP contribution in [0.4, 0.5) is 10.1 Å². The van der Waals surface area contributed by atoms with E-state index in [0.717, 1.165) is 22.1 Å². The van der Waals surface area contributed by atoms with Gasteiger partial charge in [-0.3, -0.25) is 9.48 Å². The minimum atomic E-state index is -0.398. The molecule has 34 heavy (non-hydrogen) atoms. The zero-order chi connectivity index (χ0) is 23.5. The number of carbonyl (C=O) groups is 1. The largest absolute Gasteiger partial charge is 0.489 e. The van der Waals surface area contributed by atoms with Crippen molar-refractivity contribution in [3.63, 3.8) is 0 Å². The molecular formula is C26H19ClFN3O2S. The molecule has 0 fully saturated rings. The minimum Gasteiger partial charge on any atom is -0.489 e. The summed E-state index contributed by atoms with van der Waals surface area (Å²) in [7, 11) is 0.